The fraction of sp³-hybridized carbons (Fsp3) is 0.423. The maximum atomic E-state index is 13.0. The molecule has 2 N–H and O–H groups in total. The van der Waals surface area contributed by atoms with Crippen LogP contribution < -0.4 is 5.32 Å². The molecule has 0 bridgehead atoms. The van der Waals surface area contributed by atoms with Gasteiger partial charge in [0.15, 0.2) is 0 Å². The topological polar surface area (TPSA) is 95.9 Å². The molecule has 7 heteroatoms. The highest BCUT2D eigenvalue weighted by molar-refractivity contribution is 5.87. The van der Waals surface area contributed by atoms with Gasteiger partial charge in [0.25, 0.3) is 0 Å². The Kier molecular flexibility index (Phi) is 6.15. The molecule has 0 saturated carbocycles. The molecule has 1 fully saturated rings. The lowest BCUT2D eigenvalue weighted by molar-refractivity contribution is -0.144. The highest BCUT2D eigenvalue weighted by atomic mass is 16.5. The second-order valence-corrected chi connectivity index (χ2v) is 9.53. The molecule has 1 saturated heterocycles. The number of benzene rings is 2. The number of carbonyl (C=O) groups excluding carboxylic acids is 2. The molecule has 2 aliphatic rings. The van der Waals surface area contributed by atoms with Crippen LogP contribution in [-0.4, -0.2) is 53.7 Å². The molecular formula is C26H30N2O5. The fourth-order valence-corrected chi connectivity index (χ4v) is 5.06. The second kappa shape index (κ2) is 8.89. The van der Waals surface area contributed by atoms with Gasteiger partial charge in [-0.3, -0.25) is 9.59 Å². The Morgan fingerprint density at radius 2 is 1.67 bits per heavy atom. The Bertz CT molecular complexity index is 1030. The molecule has 2 aromatic rings. The number of carboxylic acid groups (broad SMARTS) is 1. The van der Waals surface area contributed by atoms with E-state index in [0.717, 1.165) is 22.3 Å². The molecule has 174 valence electrons. The third-order valence-electron chi connectivity index (χ3n) is 6.90. The summed E-state index contributed by atoms with van der Waals surface area (Å²) in [5.41, 5.74) is 4.01. The lowest BCUT2D eigenvalue weighted by atomic mass is 9.82. The Morgan fingerprint density at radius 1 is 1.09 bits per heavy atom. The van der Waals surface area contributed by atoms with E-state index in [1.54, 1.807) is 0 Å². The van der Waals surface area contributed by atoms with Crippen LogP contribution in [0.5, 0.6) is 0 Å². The SMILES string of the molecule is CC[C@@H](NC(=O)OCC1c2ccccc2-c2ccccc21)C(=O)N1CC(C(=O)O)C(C)(C)C1. The van der Waals surface area contributed by atoms with Crippen molar-refractivity contribution in [2.75, 3.05) is 19.7 Å². The standard InChI is InChI=1S/C26H30N2O5/c1-4-22(23(29)28-13-21(24(30)31)26(2,3)15-28)27-25(32)33-14-20-18-11-7-5-9-16(18)17-10-6-8-12-19(17)20/h5-12,20-22H,4,13-15H2,1-3H3,(H,27,32)(H,30,31)/t21?,22-/m1/s1. The molecule has 1 aliphatic heterocycles. The van der Waals surface area contributed by atoms with Gasteiger partial charge in [0.05, 0.1) is 5.92 Å². The van der Waals surface area contributed by atoms with E-state index in [4.69, 9.17) is 4.74 Å². The molecule has 33 heavy (non-hydrogen) atoms. The quantitative estimate of drug-likeness (QED) is 0.697. The molecule has 0 aromatic heterocycles. The lowest BCUT2D eigenvalue weighted by Crippen LogP contribution is -2.48. The van der Waals surface area contributed by atoms with Gasteiger partial charge in [-0.15, -0.1) is 0 Å². The molecule has 4 rings (SSSR count). The molecule has 2 aromatic carbocycles. The number of nitrogens with zero attached hydrogens (tertiary/aromatic N) is 1. The fourth-order valence-electron chi connectivity index (χ4n) is 5.06. The molecular weight excluding hydrogens is 420 g/mol. The first-order chi connectivity index (χ1) is 15.7. The monoisotopic (exact) mass is 450 g/mol. The Morgan fingerprint density at radius 3 is 2.18 bits per heavy atom. The van der Waals surface area contributed by atoms with E-state index in [9.17, 15) is 19.5 Å². The Balaban J connectivity index is 1.40. The van der Waals surface area contributed by atoms with E-state index in [1.165, 1.54) is 4.90 Å². The van der Waals surface area contributed by atoms with E-state index in [1.807, 2.05) is 57.2 Å². The Labute approximate surface area is 193 Å². The third kappa shape index (κ3) is 4.32. The van der Waals surface area contributed by atoms with Crippen LogP contribution in [0.3, 0.4) is 0 Å². The number of alkyl carbamates (subject to hydrolysis) is 1. The van der Waals surface area contributed by atoms with Crippen LogP contribution in [0, 0.1) is 11.3 Å². The van der Waals surface area contributed by atoms with Gasteiger partial charge in [-0.05, 0) is 34.1 Å². The number of fused-ring (bicyclic) bond motifs is 3. The van der Waals surface area contributed by atoms with Crippen molar-refractivity contribution in [3.05, 3.63) is 59.7 Å². The Hall–Kier alpha value is -3.35. The summed E-state index contributed by atoms with van der Waals surface area (Å²) in [5.74, 6) is -1.88. The van der Waals surface area contributed by atoms with Crippen LogP contribution >= 0.6 is 0 Å². The van der Waals surface area contributed by atoms with Crippen LogP contribution in [0.2, 0.25) is 0 Å². The first-order valence-corrected chi connectivity index (χ1v) is 11.4. The van der Waals surface area contributed by atoms with Gasteiger partial charge in [0.2, 0.25) is 5.91 Å². The number of rotatable bonds is 6. The predicted octanol–water partition coefficient (Wildman–Crippen LogP) is 3.87. The molecule has 2 amide bonds. The summed E-state index contributed by atoms with van der Waals surface area (Å²) < 4.78 is 5.57. The van der Waals surface area contributed by atoms with Gasteiger partial charge in [-0.1, -0.05) is 69.3 Å². The van der Waals surface area contributed by atoms with Crippen molar-refractivity contribution in [3.63, 3.8) is 0 Å². The average Bonchev–Trinajstić information content (AvgIpc) is 3.29. The highest BCUT2D eigenvalue weighted by Gasteiger charge is 2.46. The smallest absolute Gasteiger partial charge is 0.407 e. The number of hydrogen-bond acceptors (Lipinski definition) is 4. The third-order valence-corrected chi connectivity index (χ3v) is 6.90. The maximum Gasteiger partial charge on any atom is 0.407 e. The number of aliphatic carboxylic acids is 1. The van der Waals surface area contributed by atoms with Crippen molar-refractivity contribution in [2.24, 2.45) is 11.3 Å². The van der Waals surface area contributed by atoms with Crippen molar-refractivity contribution in [3.8, 4) is 11.1 Å². The normalized spacial score (nSPS) is 19.5. The van der Waals surface area contributed by atoms with Gasteiger partial charge in [-0.2, -0.15) is 0 Å². The van der Waals surface area contributed by atoms with Crippen molar-refractivity contribution < 1.29 is 24.2 Å². The van der Waals surface area contributed by atoms with Gasteiger partial charge in [0.1, 0.15) is 12.6 Å². The predicted molar refractivity (Wildman–Crippen MR) is 124 cm³/mol. The van der Waals surface area contributed by atoms with E-state index < -0.39 is 29.4 Å². The minimum atomic E-state index is -0.909. The van der Waals surface area contributed by atoms with Crippen LogP contribution in [0.15, 0.2) is 48.5 Å². The zero-order valence-corrected chi connectivity index (χ0v) is 19.2. The summed E-state index contributed by atoms with van der Waals surface area (Å²) in [4.78, 5) is 38.7. The maximum absolute atomic E-state index is 13.0. The number of carboxylic acids is 1. The summed E-state index contributed by atoms with van der Waals surface area (Å²) in [6, 6.07) is 15.4. The van der Waals surface area contributed by atoms with Crippen molar-refractivity contribution in [1.82, 2.24) is 10.2 Å². The molecule has 1 unspecified atom stereocenters. The van der Waals surface area contributed by atoms with Gasteiger partial charge >= 0.3 is 12.1 Å². The van der Waals surface area contributed by atoms with Crippen molar-refractivity contribution in [2.45, 2.75) is 39.2 Å². The van der Waals surface area contributed by atoms with Crippen LogP contribution in [0.4, 0.5) is 4.79 Å². The van der Waals surface area contributed by atoms with Gasteiger partial charge in [-0.25, -0.2) is 4.79 Å². The van der Waals surface area contributed by atoms with E-state index in [2.05, 4.69) is 17.4 Å². The largest absolute Gasteiger partial charge is 0.481 e. The number of ether oxygens (including phenoxy) is 1. The first kappa shape index (κ1) is 22.8. The van der Waals surface area contributed by atoms with Crippen LogP contribution in [0.25, 0.3) is 11.1 Å². The van der Waals surface area contributed by atoms with E-state index in [0.29, 0.717) is 13.0 Å². The highest BCUT2D eigenvalue weighted by Crippen LogP contribution is 2.44. The zero-order chi connectivity index (χ0) is 23.8. The molecule has 7 nitrogen and oxygen atoms in total. The lowest BCUT2D eigenvalue weighted by Gasteiger charge is -2.25. The van der Waals surface area contributed by atoms with Crippen LogP contribution in [0.1, 0.15) is 44.2 Å². The van der Waals surface area contributed by atoms with E-state index in [-0.39, 0.29) is 25.0 Å². The molecule has 2 atom stereocenters. The molecule has 0 radical (unpaired) electrons. The number of carbonyl (C=O) groups is 3. The average molecular weight is 451 g/mol. The van der Waals surface area contributed by atoms with E-state index >= 15 is 0 Å². The van der Waals surface area contributed by atoms with Crippen molar-refractivity contribution >= 4 is 18.0 Å². The minimum absolute atomic E-state index is 0.0605. The summed E-state index contributed by atoms with van der Waals surface area (Å²) in [6.45, 7) is 6.15. The summed E-state index contributed by atoms with van der Waals surface area (Å²) >= 11 is 0. The number of likely N-dealkylation sites (tertiary alicyclic amines) is 1. The second-order valence-electron chi connectivity index (χ2n) is 9.53. The first-order valence-electron chi connectivity index (χ1n) is 11.4. The van der Waals surface area contributed by atoms with Gasteiger partial charge in [0, 0.05) is 19.0 Å². The molecule has 1 aliphatic carbocycles. The number of hydrogen-bond donors (Lipinski definition) is 2. The number of nitrogens with one attached hydrogen (secondary N) is 1. The minimum Gasteiger partial charge on any atom is -0.481 e. The summed E-state index contributed by atoms with van der Waals surface area (Å²) in [6.07, 6.45) is -0.261. The zero-order valence-electron chi connectivity index (χ0n) is 19.2. The van der Waals surface area contributed by atoms with Crippen LogP contribution in [-0.2, 0) is 14.3 Å². The molecule has 1 heterocycles. The number of amides is 2. The molecule has 0 spiro atoms. The van der Waals surface area contributed by atoms with Gasteiger partial charge < -0.3 is 20.1 Å². The summed E-state index contributed by atoms with van der Waals surface area (Å²) in [7, 11) is 0. The van der Waals surface area contributed by atoms with Crippen molar-refractivity contribution in [1.29, 1.82) is 0 Å². The summed E-state index contributed by atoms with van der Waals surface area (Å²) in [5, 5.41) is 12.2.